The third kappa shape index (κ3) is 4.40. The Balaban J connectivity index is 1.97. The quantitative estimate of drug-likeness (QED) is 0.367. The van der Waals surface area contributed by atoms with Gasteiger partial charge in [-0.1, -0.05) is 0 Å². The third-order valence-electron chi connectivity index (χ3n) is 5.96. The van der Waals surface area contributed by atoms with E-state index in [9.17, 15) is 14.4 Å². The van der Waals surface area contributed by atoms with Crippen molar-refractivity contribution in [3.63, 3.8) is 0 Å². The van der Waals surface area contributed by atoms with Crippen LogP contribution >= 0.6 is 0 Å². The summed E-state index contributed by atoms with van der Waals surface area (Å²) in [6.45, 7) is 0.664. The lowest BCUT2D eigenvalue weighted by Gasteiger charge is -2.14. The average Bonchev–Trinajstić information content (AvgIpc) is 3.16. The molecule has 0 atom stereocenters. The fraction of sp³-hybridized carbons (Fsp3) is 0.320. The van der Waals surface area contributed by atoms with Gasteiger partial charge in [0.1, 0.15) is 23.6 Å². The summed E-state index contributed by atoms with van der Waals surface area (Å²) in [7, 11) is 6.44. The van der Waals surface area contributed by atoms with E-state index in [4.69, 9.17) is 14.2 Å². The molecule has 10 nitrogen and oxygen atoms in total. The number of aryl methyl sites for hydroxylation is 1. The molecule has 0 fully saturated rings. The first-order valence-electron chi connectivity index (χ1n) is 11.1. The van der Waals surface area contributed by atoms with Gasteiger partial charge >= 0.3 is 5.69 Å². The molecule has 184 valence electrons. The van der Waals surface area contributed by atoms with Gasteiger partial charge < -0.3 is 24.1 Å². The second-order valence-electron chi connectivity index (χ2n) is 8.04. The molecule has 4 aromatic rings. The van der Waals surface area contributed by atoms with E-state index in [1.165, 1.54) is 11.7 Å². The second-order valence-corrected chi connectivity index (χ2v) is 8.04. The molecule has 0 unspecified atom stereocenters. The topological polar surface area (TPSA) is 106 Å². The van der Waals surface area contributed by atoms with Gasteiger partial charge in [-0.15, -0.1) is 0 Å². The van der Waals surface area contributed by atoms with E-state index in [0.717, 1.165) is 10.1 Å². The fourth-order valence-corrected chi connectivity index (χ4v) is 4.21. The molecule has 1 N–H and O–H groups in total. The van der Waals surface area contributed by atoms with Gasteiger partial charge in [0.05, 0.1) is 30.9 Å². The lowest BCUT2D eigenvalue weighted by atomic mass is 10.2. The summed E-state index contributed by atoms with van der Waals surface area (Å²) in [6, 6.07) is 12.0. The highest BCUT2D eigenvalue weighted by Gasteiger charge is 2.22. The molecule has 4 rings (SSSR count). The summed E-state index contributed by atoms with van der Waals surface area (Å²) in [5, 5.41) is 3.45. The number of amides is 1. The predicted octanol–water partition coefficient (Wildman–Crippen LogP) is 1.81. The van der Waals surface area contributed by atoms with E-state index in [0.29, 0.717) is 53.2 Å². The number of hydrogen-bond acceptors (Lipinski definition) is 6. The lowest BCUT2D eigenvalue weighted by molar-refractivity contribution is -0.121. The van der Waals surface area contributed by atoms with E-state index < -0.39 is 11.2 Å². The summed E-state index contributed by atoms with van der Waals surface area (Å²) >= 11 is 0. The molecular weight excluding hydrogens is 452 g/mol. The first kappa shape index (κ1) is 24.1. The van der Waals surface area contributed by atoms with Crippen molar-refractivity contribution in [3.8, 4) is 17.2 Å². The van der Waals surface area contributed by atoms with Gasteiger partial charge in [0.15, 0.2) is 0 Å². The minimum absolute atomic E-state index is 0.255. The number of nitrogens with zero attached hydrogens (tertiary/aromatic N) is 3. The van der Waals surface area contributed by atoms with Crippen LogP contribution in [0.25, 0.3) is 27.6 Å². The molecule has 0 saturated heterocycles. The number of benzene rings is 2. The molecule has 0 aliphatic carbocycles. The number of carbonyl (C=O) groups excluding carboxylic acids is 1. The lowest BCUT2D eigenvalue weighted by Crippen LogP contribution is -2.42. The molecule has 0 spiro atoms. The molecule has 10 heteroatoms. The van der Waals surface area contributed by atoms with Crippen LogP contribution < -0.4 is 26.0 Å². The zero-order chi connectivity index (χ0) is 25.1. The molecule has 2 aromatic heterocycles. The SMILES string of the molecule is COCCCNC(=O)Cn1c(=O)n(-c2ccc(OC)cc2)c(=O)c2c1c1cc(OC)ccc1n2C. The Hall–Kier alpha value is -4.05. The van der Waals surface area contributed by atoms with Crippen molar-refractivity contribution in [2.75, 3.05) is 34.5 Å². The van der Waals surface area contributed by atoms with Gasteiger partial charge in [-0.2, -0.15) is 0 Å². The number of hydrogen-bond donors (Lipinski definition) is 1. The van der Waals surface area contributed by atoms with Crippen LogP contribution in [0.5, 0.6) is 11.5 Å². The standard InChI is InChI=1S/C25H28N4O6/c1-27-20-11-10-18(35-4)14-19(20)22-23(27)24(31)29(16-6-8-17(34-3)9-7-16)25(32)28(22)15-21(30)26-12-5-13-33-2/h6-11,14H,5,12-13,15H2,1-4H3,(H,26,30). The molecule has 0 saturated carbocycles. The fourth-order valence-electron chi connectivity index (χ4n) is 4.21. The Morgan fingerprint density at radius 1 is 0.943 bits per heavy atom. The highest BCUT2D eigenvalue weighted by Crippen LogP contribution is 2.29. The zero-order valence-corrected chi connectivity index (χ0v) is 20.2. The normalized spacial score (nSPS) is 11.2. The van der Waals surface area contributed by atoms with Crippen LogP contribution in [0, 0.1) is 0 Å². The molecule has 0 aliphatic rings. The maximum atomic E-state index is 13.7. The Bertz CT molecular complexity index is 1500. The first-order chi connectivity index (χ1) is 16.9. The Morgan fingerprint density at radius 2 is 1.63 bits per heavy atom. The minimum atomic E-state index is -0.616. The van der Waals surface area contributed by atoms with E-state index in [-0.39, 0.29) is 12.5 Å². The van der Waals surface area contributed by atoms with E-state index in [1.807, 2.05) is 6.07 Å². The molecule has 35 heavy (non-hydrogen) atoms. The summed E-state index contributed by atoms with van der Waals surface area (Å²) in [5.41, 5.74) is 0.697. The Kier molecular flexibility index (Phi) is 6.92. The second kappa shape index (κ2) is 10.1. The van der Waals surface area contributed by atoms with Crippen molar-refractivity contribution in [3.05, 3.63) is 63.3 Å². The summed E-state index contributed by atoms with van der Waals surface area (Å²) in [4.78, 5) is 40.2. The minimum Gasteiger partial charge on any atom is -0.497 e. The third-order valence-corrected chi connectivity index (χ3v) is 5.96. The first-order valence-corrected chi connectivity index (χ1v) is 11.1. The van der Waals surface area contributed by atoms with Gasteiger partial charge in [0, 0.05) is 32.7 Å². The number of rotatable bonds is 9. The van der Waals surface area contributed by atoms with E-state index >= 15 is 0 Å². The van der Waals surface area contributed by atoms with Crippen LogP contribution in [0.4, 0.5) is 0 Å². The van der Waals surface area contributed by atoms with Crippen LogP contribution in [0.3, 0.4) is 0 Å². The number of aromatic nitrogens is 3. The number of ether oxygens (including phenoxy) is 3. The van der Waals surface area contributed by atoms with Gasteiger partial charge in [-0.3, -0.25) is 14.2 Å². The number of carbonyl (C=O) groups is 1. The van der Waals surface area contributed by atoms with Crippen molar-refractivity contribution in [2.24, 2.45) is 7.05 Å². The Morgan fingerprint density at radius 3 is 2.29 bits per heavy atom. The average molecular weight is 481 g/mol. The molecular formula is C25H28N4O6. The molecule has 1 amide bonds. The van der Waals surface area contributed by atoms with Gasteiger partial charge in [0.25, 0.3) is 5.56 Å². The Labute approximate surface area is 201 Å². The van der Waals surface area contributed by atoms with Crippen molar-refractivity contribution >= 4 is 27.8 Å². The molecule has 0 aliphatic heterocycles. The number of fused-ring (bicyclic) bond motifs is 3. The largest absolute Gasteiger partial charge is 0.497 e. The molecule has 2 aromatic carbocycles. The predicted molar refractivity (Wildman–Crippen MR) is 133 cm³/mol. The van der Waals surface area contributed by atoms with Crippen LogP contribution in [-0.2, 0) is 23.1 Å². The van der Waals surface area contributed by atoms with Crippen molar-refractivity contribution in [1.29, 1.82) is 0 Å². The molecule has 2 heterocycles. The monoisotopic (exact) mass is 480 g/mol. The van der Waals surface area contributed by atoms with Crippen molar-refractivity contribution < 1.29 is 19.0 Å². The zero-order valence-electron chi connectivity index (χ0n) is 20.2. The highest BCUT2D eigenvalue weighted by atomic mass is 16.5. The maximum absolute atomic E-state index is 13.7. The van der Waals surface area contributed by atoms with E-state index in [1.54, 1.807) is 62.2 Å². The van der Waals surface area contributed by atoms with Gasteiger partial charge in [-0.05, 0) is 48.9 Å². The highest BCUT2D eigenvalue weighted by molar-refractivity contribution is 6.06. The number of nitrogens with one attached hydrogen (secondary N) is 1. The molecule has 0 bridgehead atoms. The van der Waals surface area contributed by atoms with Crippen molar-refractivity contribution in [2.45, 2.75) is 13.0 Å². The van der Waals surface area contributed by atoms with E-state index in [2.05, 4.69) is 5.32 Å². The smallest absolute Gasteiger partial charge is 0.336 e. The summed E-state index contributed by atoms with van der Waals surface area (Å²) in [5.74, 6) is 0.826. The summed E-state index contributed by atoms with van der Waals surface area (Å²) in [6.07, 6.45) is 0.642. The molecule has 0 radical (unpaired) electrons. The maximum Gasteiger partial charge on any atom is 0.336 e. The van der Waals surface area contributed by atoms with Gasteiger partial charge in [0.2, 0.25) is 5.91 Å². The van der Waals surface area contributed by atoms with Crippen molar-refractivity contribution in [1.82, 2.24) is 19.0 Å². The number of methoxy groups -OCH3 is 3. The van der Waals surface area contributed by atoms with Gasteiger partial charge in [-0.25, -0.2) is 9.36 Å². The summed E-state index contributed by atoms with van der Waals surface area (Å²) < 4.78 is 19.7. The van der Waals surface area contributed by atoms with Crippen LogP contribution in [0.1, 0.15) is 6.42 Å². The van der Waals surface area contributed by atoms with Crippen LogP contribution in [0.2, 0.25) is 0 Å². The van der Waals surface area contributed by atoms with Crippen LogP contribution in [-0.4, -0.2) is 54.1 Å². The van der Waals surface area contributed by atoms with Crippen LogP contribution in [0.15, 0.2) is 52.1 Å².